The van der Waals surface area contributed by atoms with Crippen LogP contribution in [0.5, 0.6) is 0 Å². The summed E-state index contributed by atoms with van der Waals surface area (Å²) in [4.78, 5) is 74.5. The van der Waals surface area contributed by atoms with E-state index >= 15 is 0 Å². The van der Waals surface area contributed by atoms with Crippen LogP contribution < -0.4 is 22.1 Å². The van der Waals surface area contributed by atoms with Gasteiger partial charge in [0.25, 0.3) is 23.6 Å². The third-order valence-electron chi connectivity index (χ3n) is 5.56. The molecule has 0 aliphatic rings. The molecule has 0 aliphatic carbocycles. The molecule has 0 fully saturated rings. The van der Waals surface area contributed by atoms with Crippen molar-refractivity contribution in [3.63, 3.8) is 0 Å². The Labute approximate surface area is 236 Å². The minimum atomic E-state index is -0.751. The number of amides is 4. The van der Waals surface area contributed by atoms with Gasteiger partial charge < -0.3 is 31.6 Å². The molecule has 4 amide bonds. The topological polar surface area (TPSA) is 197 Å². The molecule has 14 heteroatoms. The van der Waals surface area contributed by atoms with Crippen molar-refractivity contribution in [2.75, 3.05) is 23.8 Å². The van der Waals surface area contributed by atoms with Crippen LogP contribution in [0.3, 0.4) is 0 Å². The van der Waals surface area contributed by atoms with Gasteiger partial charge in [0.2, 0.25) is 0 Å². The van der Waals surface area contributed by atoms with Gasteiger partial charge in [0.15, 0.2) is 0 Å². The fraction of sp³-hybridized carbons (Fsp3) is 0.231. The van der Waals surface area contributed by atoms with Crippen LogP contribution in [-0.4, -0.2) is 48.8 Å². The summed E-state index contributed by atoms with van der Waals surface area (Å²) in [6, 6.07) is 5.52. The Kier molecular flexibility index (Phi) is 9.39. The number of thiophene rings is 2. The molecular weight excluding hydrogens is 560 g/mol. The third kappa shape index (κ3) is 6.18. The zero-order valence-corrected chi connectivity index (χ0v) is 23.6. The Morgan fingerprint density at radius 1 is 0.675 bits per heavy atom. The predicted octanol–water partition coefficient (Wildman–Crippen LogP) is 3.48. The molecule has 0 saturated heterocycles. The second kappa shape index (κ2) is 12.5. The number of hydrogen-bond donors (Lipinski definition) is 4. The maximum absolute atomic E-state index is 12.9. The molecule has 40 heavy (non-hydrogen) atoms. The molecule has 0 unspecified atom stereocenters. The monoisotopic (exact) mass is 586 g/mol. The number of nitrogens with one attached hydrogen (secondary N) is 2. The molecule has 0 spiro atoms. The molecule has 1 aromatic carbocycles. The Morgan fingerprint density at radius 2 is 1.00 bits per heavy atom. The molecule has 0 radical (unpaired) electrons. The average molecular weight is 587 g/mol. The zero-order valence-electron chi connectivity index (χ0n) is 22.0. The van der Waals surface area contributed by atoms with Crippen LogP contribution >= 0.6 is 22.7 Å². The summed E-state index contributed by atoms with van der Waals surface area (Å²) in [6.45, 7) is 6.48. The number of primary amides is 2. The van der Waals surface area contributed by atoms with Crippen LogP contribution in [0.25, 0.3) is 0 Å². The molecule has 12 nitrogen and oxygen atoms in total. The zero-order chi connectivity index (χ0) is 29.7. The van der Waals surface area contributed by atoms with Crippen LogP contribution in [0, 0.1) is 13.8 Å². The maximum atomic E-state index is 12.9. The van der Waals surface area contributed by atoms with Gasteiger partial charge in [0.1, 0.15) is 10.0 Å². The van der Waals surface area contributed by atoms with E-state index in [0.29, 0.717) is 11.1 Å². The van der Waals surface area contributed by atoms with E-state index in [4.69, 9.17) is 20.9 Å². The summed E-state index contributed by atoms with van der Waals surface area (Å²) < 4.78 is 10.1. The average Bonchev–Trinajstić information content (AvgIpc) is 3.40. The van der Waals surface area contributed by atoms with Crippen LogP contribution in [-0.2, 0) is 9.47 Å². The molecule has 3 rings (SSSR count). The number of rotatable bonds is 10. The number of carbonyl (C=O) groups excluding carboxylic acids is 6. The Morgan fingerprint density at radius 3 is 1.27 bits per heavy atom. The Hall–Kier alpha value is -4.56. The summed E-state index contributed by atoms with van der Waals surface area (Å²) in [5, 5.41) is 5.40. The number of ether oxygens (including phenoxy) is 2. The van der Waals surface area contributed by atoms with Gasteiger partial charge in [-0.15, -0.1) is 22.7 Å². The first kappa shape index (κ1) is 30.0. The molecule has 0 bridgehead atoms. The number of hydrogen-bond acceptors (Lipinski definition) is 10. The lowest BCUT2D eigenvalue weighted by Gasteiger charge is -2.09. The van der Waals surface area contributed by atoms with Crippen LogP contribution in [0.1, 0.15) is 85.7 Å². The Balaban J connectivity index is 1.83. The van der Waals surface area contributed by atoms with Gasteiger partial charge in [-0.25, -0.2) is 9.59 Å². The van der Waals surface area contributed by atoms with Crippen molar-refractivity contribution in [3.05, 3.63) is 67.4 Å². The second-order valence-electron chi connectivity index (χ2n) is 8.18. The lowest BCUT2D eigenvalue weighted by molar-refractivity contribution is 0.0517. The van der Waals surface area contributed by atoms with Crippen molar-refractivity contribution in [3.8, 4) is 0 Å². The summed E-state index contributed by atoms with van der Waals surface area (Å²) >= 11 is 1.70. The summed E-state index contributed by atoms with van der Waals surface area (Å²) in [7, 11) is 0. The number of anilines is 2. The van der Waals surface area contributed by atoms with Crippen LogP contribution in [0.4, 0.5) is 10.0 Å². The van der Waals surface area contributed by atoms with Gasteiger partial charge in [-0.1, -0.05) is 0 Å². The maximum Gasteiger partial charge on any atom is 0.341 e. The van der Waals surface area contributed by atoms with E-state index in [-0.39, 0.29) is 55.2 Å². The number of benzene rings is 1. The van der Waals surface area contributed by atoms with E-state index in [2.05, 4.69) is 10.6 Å². The standard InChI is InChI=1S/C26H26N4O8S2/c1-5-37-25(35)15-11(3)17(19(27)31)39-23(15)29-21(33)13-7-9-14(10-8-13)22(34)30-24-16(26(36)38-6-2)12(4)18(40-24)20(28)32/h7-10H,5-6H2,1-4H3,(H2,27,31)(H2,28,32)(H,29,33)(H,30,34). The van der Waals surface area contributed by atoms with E-state index < -0.39 is 35.6 Å². The smallest absolute Gasteiger partial charge is 0.341 e. The lowest BCUT2D eigenvalue weighted by atomic mass is 10.1. The van der Waals surface area contributed by atoms with Gasteiger partial charge in [0, 0.05) is 11.1 Å². The Bertz CT molecular complexity index is 1410. The quantitative estimate of drug-likeness (QED) is 0.259. The summed E-state index contributed by atoms with van der Waals surface area (Å²) in [6.07, 6.45) is 0. The minimum Gasteiger partial charge on any atom is -0.462 e. The largest absolute Gasteiger partial charge is 0.462 e. The molecule has 0 aliphatic heterocycles. The van der Waals surface area contributed by atoms with Crippen molar-refractivity contribution < 1.29 is 38.2 Å². The summed E-state index contributed by atoms with van der Waals surface area (Å²) in [5.74, 6) is -4.15. The highest BCUT2D eigenvalue weighted by atomic mass is 32.1. The predicted molar refractivity (Wildman–Crippen MR) is 149 cm³/mol. The molecular formula is C26H26N4O8S2. The SMILES string of the molecule is CCOC(=O)c1c(NC(=O)c2ccc(C(=O)Nc3sc(C(N)=O)c(C)c3C(=O)OCC)cc2)sc(C(N)=O)c1C. The molecule has 0 atom stereocenters. The van der Waals surface area contributed by atoms with Crippen LogP contribution in [0.2, 0.25) is 0 Å². The van der Waals surface area contributed by atoms with E-state index in [0.717, 1.165) is 22.7 Å². The third-order valence-corrected chi connectivity index (χ3v) is 8.01. The van der Waals surface area contributed by atoms with Crippen molar-refractivity contribution in [1.82, 2.24) is 0 Å². The van der Waals surface area contributed by atoms with Crippen molar-refractivity contribution in [2.45, 2.75) is 27.7 Å². The first-order valence-electron chi connectivity index (χ1n) is 11.8. The molecule has 0 saturated carbocycles. The second-order valence-corrected chi connectivity index (χ2v) is 10.2. The van der Waals surface area contributed by atoms with Gasteiger partial charge in [-0.05, 0) is 63.1 Å². The molecule has 3 aromatic rings. The van der Waals surface area contributed by atoms with Gasteiger partial charge in [-0.3, -0.25) is 19.2 Å². The lowest BCUT2D eigenvalue weighted by Crippen LogP contribution is -2.16. The van der Waals surface area contributed by atoms with E-state index in [1.165, 1.54) is 38.1 Å². The van der Waals surface area contributed by atoms with E-state index in [1.54, 1.807) is 13.8 Å². The highest BCUT2D eigenvalue weighted by Crippen LogP contribution is 2.35. The van der Waals surface area contributed by atoms with Crippen molar-refractivity contribution in [1.29, 1.82) is 0 Å². The fourth-order valence-electron chi connectivity index (χ4n) is 3.69. The highest BCUT2D eigenvalue weighted by Gasteiger charge is 2.27. The van der Waals surface area contributed by atoms with Crippen molar-refractivity contribution >= 4 is 68.2 Å². The molecule has 2 heterocycles. The van der Waals surface area contributed by atoms with E-state index in [1.807, 2.05) is 0 Å². The first-order chi connectivity index (χ1) is 18.9. The highest BCUT2D eigenvalue weighted by molar-refractivity contribution is 7.19. The number of carbonyl (C=O) groups is 6. The fourth-order valence-corrected chi connectivity index (χ4v) is 5.78. The first-order valence-corrected chi connectivity index (χ1v) is 13.5. The number of nitrogens with two attached hydrogens (primary N) is 2. The molecule has 210 valence electrons. The minimum absolute atomic E-state index is 0.0315. The van der Waals surface area contributed by atoms with E-state index in [9.17, 15) is 28.8 Å². The van der Waals surface area contributed by atoms with Crippen LogP contribution in [0.15, 0.2) is 24.3 Å². The van der Waals surface area contributed by atoms with Crippen molar-refractivity contribution in [2.24, 2.45) is 11.5 Å². The van der Waals surface area contributed by atoms with Gasteiger partial charge in [-0.2, -0.15) is 0 Å². The normalized spacial score (nSPS) is 10.5. The molecule has 6 N–H and O–H groups in total. The van der Waals surface area contributed by atoms with Gasteiger partial charge >= 0.3 is 11.9 Å². The van der Waals surface area contributed by atoms with Gasteiger partial charge in [0.05, 0.1) is 34.1 Å². The summed E-state index contributed by atoms with van der Waals surface area (Å²) in [5.41, 5.74) is 11.7. The number of esters is 2. The molecule has 2 aromatic heterocycles.